The van der Waals surface area contributed by atoms with Gasteiger partial charge in [0.25, 0.3) is 5.91 Å². The van der Waals surface area contributed by atoms with Crippen LogP contribution in [0.25, 0.3) is 10.8 Å². The van der Waals surface area contributed by atoms with Crippen LogP contribution in [0.2, 0.25) is 0 Å². The number of halogens is 2. The van der Waals surface area contributed by atoms with Crippen molar-refractivity contribution in [3.05, 3.63) is 42.4 Å². The Morgan fingerprint density at radius 2 is 1.88 bits per heavy atom. The first-order valence-electron chi connectivity index (χ1n) is 19.6. The quantitative estimate of drug-likeness (QED) is 0.296. The Labute approximate surface area is 331 Å². The maximum Gasteiger partial charge on any atom is 0.408 e. The number of amides is 4. The normalized spacial score (nSPS) is 29.4. The van der Waals surface area contributed by atoms with Crippen LogP contribution in [0.3, 0.4) is 0 Å². The Morgan fingerprint density at radius 3 is 2.54 bits per heavy atom. The number of pyridine rings is 1. The summed E-state index contributed by atoms with van der Waals surface area (Å²) in [6.07, 6.45) is 5.40. The number of sulfonamides is 1. The summed E-state index contributed by atoms with van der Waals surface area (Å²) >= 11 is 0. The van der Waals surface area contributed by atoms with E-state index in [0.29, 0.717) is 30.0 Å². The molecule has 312 valence electrons. The molecule has 57 heavy (non-hydrogen) atoms. The number of ether oxygens (including phenoxy) is 3. The van der Waals surface area contributed by atoms with E-state index in [1.165, 1.54) is 23.2 Å². The number of carbonyl (C=O) groups excluding carboxylic acids is 4. The lowest BCUT2D eigenvalue weighted by Crippen LogP contribution is -2.59. The standard InChI is InChI=1S/C40H53F2N5O9S/c1-7-54-31-17-25-12-15-43-34(28(25)19-29(31)42)55-27-18-30-33(48)45-40(36(50)46-57(52,53)39(22-41)13-14-39)20-26(40)11-9-8-10-23(2)16-24(3)32(35(49)47(30)21-27)44-37(51)56-38(4,5)6/h9,11-12,15,17,19,23-24,26-27,30,32H,7-8,10,13-14,16,18,20-22H2,1-6H3,(H,44,51)(H,45,48)(H,46,50)/b11-9-/t23-,24-,26-,27-,30+,32+,40-/m1/s1. The Morgan fingerprint density at radius 1 is 1.14 bits per heavy atom. The highest BCUT2D eigenvalue weighted by molar-refractivity contribution is 7.91. The van der Waals surface area contributed by atoms with E-state index >= 15 is 4.39 Å². The number of benzene rings is 1. The van der Waals surface area contributed by atoms with Gasteiger partial charge in [0, 0.05) is 23.9 Å². The predicted molar refractivity (Wildman–Crippen MR) is 206 cm³/mol. The topological polar surface area (TPSA) is 182 Å². The molecular weight excluding hydrogens is 765 g/mol. The van der Waals surface area contributed by atoms with Gasteiger partial charge in [0.05, 0.1) is 13.2 Å². The van der Waals surface area contributed by atoms with Gasteiger partial charge in [-0.05, 0) is 102 Å². The highest BCUT2D eigenvalue weighted by Crippen LogP contribution is 2.48. The van der Waals surface area contributed by atoms with Crippen molar-refractivity contribution in [3.63, 3.8) is 0 Å². The number of alkyl carbamates (subject to hydrolysis) is 1. The first-order valence-corrected chi connectivity index (χ1v) is 21.1. The van der Waals surface area contributed by atoms with Crippen LogP contribution in [-0.2, 0) is 29.1 Å². The minimum absolute atomic E-state index is 0.0518. The molecule has 0 radical (unpaired) electrons. The van der Waals surface area contributed by atoms with Crippen molar-refractivity contribution in [2.45, 2.75) is 121 Å². The average Bonchev–Trinajstić information content (AvgIpc) is 4.03. The van der Waals surface area contributed by atoms with Gasteiger partial charge in [-0.25, -0.2) is 27.0 Å². The van der Waals surface area contributed by atoms with Gasteiger partial charge in [0.1, 0.15) is 40.7 Å². The molecule has 3 heterocycles. The first kappa shape index (κ1) is 42.1. The summed E-state index contributed by atoms with van der Waals surface area (Å²) in [7, 11) is -4.41. The van der Waals surface area contributed by atoms with Crippen molar-refractivity contribution >= 4 is 44.6 Å². The van der Waals surface area contributed by atoms with E-state index in [0.717, 1.165) is 0 Å². The van der Waals surface area contributed by atoms with Gasteiger partial charge in [0.15, 0.2) is 11.6 Å². The number of nitrogens with one attached hydrogen (secondary N) is 3. The minimum Gasteiger partial charge on any atom is -0.491 e. The lowest BCUT2D eigenvalue weighted by molar-refractivity contribution is -0.142. The van der Waals surface area contributed by atoms with Crippen molar-refractivity contribution in [3.8, 4) is 11.6 Å². The van der Waals surface area contributed by atoms with Crippen LogP contribution in [0.4, 0.5) is 13.6 Å². The summed E-state index contributed by atoms with van der Waals surface area (Å²) in [5.41, 5.74) is -2.56. The van der Waals surface area contributed by atoms with Gasteiger partial charge in [0.2, 0.25) is 27.7 Å². The molecule has 1 aromatic carbocycles. The number of aromatic nitrogens is 1. The first-order chi connectivity index (χ1) is 26.8. The minimum atomic E-state index is -4.41. The summed E-state index contributed by atoms with van der Waals surface area (Å²) in [5.74, 6) is -3.77. The second-order valence-corrected chi connectivity index (χ2v) is 19.1. The third-order valence-electron chi connectivity index (χ3n) is 11.3. The highest BCUT2D eigenvalue weighted by Gasteiger charge is 2.64. The molecular formula is C40H53F2N5O9S. The fourth-order valence-electron chi connectivity index (χ4n) is 7.85. The average molecular weight is 818 g/mol. The molecule has 0 bridgehead atoms. The monoisotopic (exact) mass is 817 g/mol. The van der Waals surface area contributed by atoms with Crippen LogP contribution < -0.4 is 24.8 Å². The summed E-state index contributed by atoms with van der Waals surface area (Å²) < 4.78 is 72.9. The van der Waals surface area contributed by atoms with Gasteiger partial charge in [-0.1, -0.05) is 26.0 Å². The molecule has 1 saturated heterocycles. The molecule has 2 saturated carbocycles. The molecule has 14 nitrogen and oxygen atoms in total. The Balaban J connectivity index is 1.35. The number of hydrogen-bond acceptors (Lipinski definition) is 10. The molecule has 7 atom stereocenters. The highest BCUT2D eigenvalue weighted by atomic mass is 32.2. The summed E-state index contributed by atoms with van der Waals surface area (Å²) in [6.45, 7) is 9.64. The number of allylic oxidation sites excluding steroid dienone is 1. The van der Waals surface area contributed by atoms with E-state index in [9.17, 15) is 32.0 Å². The molecule has 17 heteroatoms. The largest absolute Gasteiger partial charge is 0.491 e. The Bertz CT molecular complexity index is 2040. The molecule has 2 aromatic rings. The zero-order valence-electron chi connectivity index (χ0n) is 33.2. The number of carbonyl (C=O) groups is 4. The van der Waals surface area contributed by atoms with Crippen LogP contribution in [0.1, 0.15) is 86.5 Å². The predicted octanol–water partition coefficient (Wildman–Crippen LogP) is 4.85. The van der Waals surface area contributed by atoms with Gasteiger partial charge in [-0.15, -0.1) is 0 Å². The third-order valence-corrected chi connectivity index (χ3v) is 13.4. The molecule has 2 aliphatic heterocycles. The van der Waals surface area contributed by atoms with Gasteiger partial charge in [-0.3, -0.25) is 19.1 Å². The number of rotatable bonds is 9. The van der Waals surface area contributed by atoms with Crippen molar-refractivity contribution < 1.29 is 50.6 Å². The van der Waals surface area contributed by atoms with Gasteiger partial charge < -0.3 is 29.7 Å². The molecule has 3 fully saturated rings. The second-order valence-electron chi connectivity index (χ2n) is 17.0. The van der Waals surface area contributed by atoms with Crippen LogP contribution in [0.5, 0.6) is 11.6 Å². The lowest BCUT2D eigenvalue weighted by atomic mass is 9.88. The fraction of sp³-hybridized carbons (Fsp3) is 0.625. The third kappa shape index (κ3) is 8.97. The van der Waals surface area contributed by atoms with E-state index in [-0.39, 0.29) is 56.4 Å². The number of fused-ring (bicyclic) bond motifs is 3. The van der Waals surface area contributed by atoms with Crippen LogP contribution in [-0.4, -0.2) is 96.0 Å². The van der Waals surface area contributed by atoms with Crippen molar-refractivity contribution in [2.24, 2.45) is 17.8 Å². The van der Waals surface area contributed by atoms with E-state index in [4.69, 9.17) is 14.2 Å². The number of alkyl halides is 1. The van der Waals surface area contributed by atoms with Crippen molar-refractivity contribution in [1.82, 2.24) is 25.2 Å². The molecule has 1 aromatic heterocycles. The van der Waals surface area contributed by atoms with Crippen molar-refractivity contribution in [1.29, 1.82) is 0 Å². The summed E-state index contributed by atoms with van der Waals surface area (Å²) in [5, 5.41) is 6.45. The van der Waals surface area contributed by atoms with Crippen LogP contribution in [0, 0.1) is 23.6 Å². The van der Waals surface area contributed by atoms with E-state index in [2.05, 4.69) is 20.3 Å². The smallest absolute Gasteiger partial charge is 0.408 e. The van der Waals surface area contributed by atoms with E-state index in [1.807, 2.05) is 19.9 Å². The van der Waals surface area contributed by atoms with E-state index < -0.39 is 92.2 Å². The maximum absolute atomic E-state index is 15.1. The second kappa shape index (κ2) is 16.0. The molecule has 3 N–H and O–H groups in total. The molecule has 6 rings (SSSR count). The van der Waals surface area contributed by atoms with Gasteiger partial charge in [-0.2, -0.15) is 0 Å². The molecule has 0 unspecified atom stereocenters. The molecule has 4 amide bonds. The summed E-state index contributed by atoms with van der Waals surface area (Å²) in [4.78, 5) is 62.0. The number of hydrogen-bond donors (Lipinski definition) is 3. The zero-order valence-corrected chi connectivity index (χ0v) is 34.0. The lowest BCUT2D eigenvalue weighted by Gasteiger charge is -2.33. The molecule has 0 spiro atoms. The SMILES string of the molecule is CCOc1cc2ccnc(O[C@@H]3C[C@H]4C(=O)N[C@]5(C(=O)NS(=O)(=O)C6(CF)CC6)C[C@H]5/C=C\CC[C@@H](C)C[C@@H](C)[C@H](NC(=O)OC(C)(C)C)C(=O)N4C3)c2cc1F. The maximum atomic E-state index is 15.1. The molecule has 2 aliphatic carbocycles. The zero-order chi connectivity index (χ0) is 41.5. The number of nitrogens with zero attached hydrogens (tertiary/aromatic N) is 2. The summed E-state index contributed by atoms with van der Waals surface area (Å²) in [6, 6.07) is 2.04. The van der Waals surface area contributed by atoms with E-state index in [1.54, 1.807) is 39.8 Å². The van der Waals surface area contributed by atoms with Gasteiger partial charge >= 0.3 is 6.09 Å². The van der Waals surface area contributed by atoms with Crippen LogP contribution >= 0.6 is 0 Å². The Kier molecular flexibility index (Phi) is 11.8. The fourth-order valence-corrected chi connectivity index (χ4v) is 9.28. The van der Waals surface area contributed by atoms with Crippen molar-refractivity contribution in [2.75, 3.05) is 19.8 Å². The van der Waals surface area contributed by atoms with Crippen LogP contribution in [0.15, 0.2) is 36.5 Å². The Hall–Kier alpha value is -4.54. The molecule has 4 aliphatic rings.